The molecule has 0 atom stereocenters. The summed E-state index contributed by atoms with van der Waals surface area (Å²) in [5.41, 5.74) is 5.64. The number of hydrogen-bond donors (Lipinski definition) is 1. The summed E-state index contributed by atoms with van der Waals surface area (Å²) >= 11 is 0. The van der Waals surface area contributed by atoms with Crippen LogP contribution in [0.1, 0.15) is 53.9 Å². The van der Waals surface area contributed by atoms with Crippen LogP contribution < -0.4 is 5.84 Å². The van der Waals surface area contributed by atoms with Crippen molar-refractivity contribution < 1.29 is 14.3 Å². The van der Waals surface area contributed by atoms with E-state index in [4.69, 9.17) is 5.84 Å². The number of aryl methyl sites for hydroxylation is 2. The molecule has 1 heterocycles. The molecule has 0 spiro atoms. The topological polar surface area (TPSA) is 67.9 Å². The summed E-state index contributed by atoms with van der Waals surface area (Å²) in [6, 6.07) is 4.34. The van der Waals surface area contributed by atoms with Crippen LogP contribution in [0.25, 0.3) is 0 Å². The van der Waals surface area contributed by atoms with Crippen molar-refractivity contribution in [3.63, 3.8) is 0 Å². The van der Waals surface area contributed by atoms with E-state index in [0.717, 1.165) is 5.56 Å². The Labute approximate surface area is 152 Å². The number of carbonyl (C=O) groups excluding carboxylic acids is 1. The lowest BCUT2D eigenvalue weighted by Gasteiger charge is -2.29. The number of carbonyl (C=O) groups is 1. The molecule has 3 rings (SSSR count). The third-order valence-corrected chi connectivity index (χ3v) is 5.07. The van der Waals surface area contributed by atoms with Gasteiger partial charge in [0.05, 0.1) is 6.54 Å². The van der Waals surface area contributed by atoms with Crippen LogP contribution in [0.5, 0.6) is 0 Å². The number of rotatable bonds is 5. The van der Waals surface area contributed by atoms with Gasteiger partial charge in [-0.25, -0.2) is 20.6 Å². The molecule has 1 saturated carbocycles. The van der Waals surface area contributed by atoms with Gasteiger partial charge in [0.2, 0.25) is 0 Å². The van der Waals surface area contributed by atoms with E-state index >= 15 is 0 Å². The highest BCUT2D eigenvalue weighted by Gasteiger charge is 2.23. The van der Waals surface area contributed by atoms with E-state index in [0.29, 0.717) is 24.5 Å². The molecule has 26 heavy (non-hydrogen) atoms. The van der Waals surface area contributed by atoms with Crippen LogP contribution in [0.3, 0.4) is 0 Å². The van der Waals surface area contributed by atoms with Crippen molar-refractivity contribution in [2.24, 2.45) is 10.8 Å². The Morgan fingerprint density at radius 2 is 2.08 bits per heavy atom. The minimum atomic E-state index is -1.11. The SMILES string of the molecule is Cc1cc(CN(N)/C=C2\CC=CN=C2C(=O)OF)cc(C)c1C1CCC1. The Hall–Kier alpha value is -2.47. The van der Waals surface area contributed by atoms with Gasteiger partial charge >= 0.3 is 5.97 Å². The first-order valence-corrected chi connectivity index (χ1v) is 8.87. The predicted octanol–water partition coefficient (Wildman–Crippen LogP) is 3.92. The lowest BCUT2D eigenvalue weighted by atomic mass is 9.76. The highest BCUT2D eigenvalue weighted by Crippen LogP contribution is 2.39. The van der Waals surface area contributed by atoms with Gasteiger partial charge in [0.1, 0.15) is 0 Å². The van der Waals surface area contributed by atoms with Gasteiger partial charge in [-0.15, -0.1) is 0 Å². The molecule has 0 radical (unpaired) electrons. The number of nitrogens with zero attached hydrogens (tertiary/aromatic N) is 2. The van der Waals surface area contributed by atoms with Crippen molar-refractivity contribution in [3.8, 4) is 0 Å². The third-order valence-electron chi connectivity index (χ3n) is 5.07. The second-order valence-electron chi connectivity index (χ2n) is 7.03. The minimum absolute atomic E-state index is 0.0573. The van der Waals surface area contributed by atoms with Crippen molar-refractivity contribution >= 4 is 11.7 Å². The van der Waals surface area contributed by atoms with Gasteiger partial charge in [0, 0.05) is 22.5 Å². The Morgan fingerprint density at radius 1 is 1.38 bits per heavy atom. The largest absolute Gasteiger partial charge is 0.398 e. The first-order valence-electron chi connectivity index (χ1n) is 8.87. The van der Waals surface area contributed by atoms with Crippen molar-refractivity contribution in [1.29, 1.82) is 0 Å². The second kappa shape index (κ2) is 7.83. The van der Waals surface area contributed by atoms with Gasteiger partial charge < -0.3 is 5.01 Å². The molecular formula is C20H24FN3O2. The van der Waals surface area contributed by atoms with Gasteiger partial charge in [0.25, 0.3) is 0 Å². The normalized spacial score (nSPS) is 18.5. The maximum absolute atomic E-state index is 12.2. The molecule has 1 aromatic rings. The quantitative estimate of drug-likeness (QED) is 0.641. The standard InChI is InChI=1S/C20H24FN3O2/c1-13-9-15(10-14(2)18(13)16-5-3-6-16)11-24(22)12-17-7-4-8-23-19(17)20(25)26-21/h4,8-10,12,16H,3,5-7,11,22H2,1-2H3/b17-12+. The van der Waals surface area contributed by atoms with E-state index in [1.54, 1.807) is 12.3 Å². The van der Waals surface area contributed by atoms with Gasteiger partial charge in [-0.2, -0.15) is 0 Å². The Kier molecular flexibility index (Phi) is 5.52. The average molecular weight is 357 g/mol. The Balaban J connectivity index is 1.75. The molecule has 1 aliphatic heterocycles. The van der Waals surface area contributed by atoms with Crippen molar-refractivity contribution in [1.82, 2.24) is 5.01 Å². The molecule has 0 bridgehead atoms. The van der Waals surface area contributed by atoms with Gasteiger partial charge in [-0.05, 0) is 61.3 Å². The lowest BCUT2D eigenvalue weighted by molar-refractivity contribution is -0.174. The summed E-state index contributed by atoms with van der Waals surface area (Å²) in [7, 11) is 0. The van der Waals surface area contributed by atoms with Crippen LogP contribution in [-0.4, -0.2) is 16.7 Å². The van der Waals surface area contributed by atoms with E-state index in [1.165, 1.54) is 47.2 Å². The number of hydrogen-bond acceptors (Lipinski definition) is 5. The van der Waals surface area contributed by atoms with E-state index in [9.17, 15) is 9.32 Å². The number of hydrazine groups is 1. The van der Waals surface area contributed by atoms with Crippen LogP contribution in [-0.2, 0) is 16.3 Å². The summed E-state index contributed by atoms with van der Waals surface area (Å²) in [5.74, 6) is 5.70. The molecule has 5 nitrogen and oxygen atoms in total. The van der Waals surface area contributed by atoms with Gasteiger partial charge in [-0.1, -0.05) is 24.6 Å². The average Bonchev–Trinajstić information content (AvgIpc) is 2.56. The minimum Gasteiger partial charge on any atom is -0.314 e. The molecule has 2 aliphatic rings. The zero-order chi connectivity index (χ0) is 18.7. The van der Waals surface area contributed by atoms with Crippen LogP contribution in [0.2, 0.25) is 0 Å². The monoisotopic (exact) mass is 357 g/mol. The van der Waals surface area contributed by atoms with Crippen LogP contribution in [0.15, 0.2) is 41.2 Å². The Morgan fingerprint density at radius 3 is 2.65 bits per heavy atom. The predicted molar refractivity (Wildman–Crippen MR) is 98.7 cm³/mol. The van der Waals surface area contributed by atoms with Crippen molar-refractivity contribution in [3.05, 3.63) is 58.4 Å². The van der Waals surface area contributed by atoms with Crippen LogP contribution in [0.4, 0.5) is 4.53 Å². The van der Waals surface area contributed by atoms with Crippen molar-refractivity contribution in [2.75, 3.05) is 0 Å². The third kappa shape index (κ3) is 3.85. The fourth-order valence-corrected chi connectivity index (χ4v) is 3.77. The molecule has 138 valence electrons. The molecule has 0 unspecified atom stereocenters. The molecular weight excluding hydrogens is 333 g/mol. The highest BCUT2D eigenvalue weighted by molar-refractivity contribution is 6.43. The number of benzene rings is 1. The first-order chi connectivity index (χ1) is 12.5. The highest BCUT2D eigenvalue weighted by atomic mass is 19.3. The molecule has 6 heteroatoms. The maximum Gasteiger partial charge on any atom is 0.398 e. The molecule has 0 amide bonds. The van der Waals surface area contributed by atoms with Crippen LogP contribution >= 0.6 is 0 Å². The van der Waals surface area contributed by atoms with Crippen molar-refractivity contribution in [2.45, 2.75) is 52.0 Å². The van der Waals surface area contributed by atoms with E-state index in [2.05, 4.69) is 35.9 Å². The fourth-order valence-electron chi connectivity index (χ4n) is 3.77. The molecule has 1 fully saturated rings. The van der Waals surface area contributed by atoms with E-state index in [-0.39, 0.29) is 5.71 Å². The zero-order valence-corrected chi connectivity index (χ0v) is 15.2. The second-order valence-corrected chi connectivity index (χ2v) is 7.03. The molecule has 1 aliphatic carbocycles. The lowest BCUT2D eigenvalue weighted by Crippen LogP contribution is -2.28. The van der Waals surface area contributed by atoms with E-state index < -0.39 is 5.97 Å². The van der Waals surface area contributed by atoms with Gasteiger partial charge in [-0.3, -0.25) is 0 Å². The summed E-state index contributed by atoms with van der Waals surface area (Å²) < 4.78 is 12.2. The first kappa shape index (κ1) is 18.3. The summed E-state index contributed by atoms with van der Waals surface area (Å²) in [6.45, 7) is 4.78. The van der Waals surface area contributed by atoms with Crippen LogP contribution in [0, 0.1) is 13.8 Å². The zero-order valence-electron chi connectivity index (χ0n) is 15.2. The number of halogens is 1. The number of allylic oxidation sites excluding steroid dienone is 1. The summed E-state index contributed by atoms with van der Waals surface area (Å²) in [4.78, 5) is 18.7. The Bertz CT molecular complexity index is 771. The smallest absolute Gasteiger partial charge is 0.314 e. The summed E-state index contributed by atoms with van der Waals surface area (Å²) in [5, 5.41) is 1.49. The molecule has 2 N–H and O–H groups in total. The molecule has 0 aromatic heterocycles. The summed E-state index contributed by atoms with van der Waals surface area (Å²) in [6.07, 6.45) is 9.15. The number of nitrogens with two attached hydrogens (primary N) is 1. The maximum atomic E-state index is 12.2. The fraction of sp³-hybridized carbons (Fsp3) is 0.400. The molecule has 0 saturated heterocycles. The van der Waals surface area contributed by atoms with Gasteiger partial charge in [0.15, 0.2) is 5.71 Å². The molecule has 1 aromatic carbocycles. The number of aliphatic imine (C=N–C) groups is 1. The van der Waals surface area contributed by atoms with E-state index in [1.807, 2.05) is 0 Å².